The summed E-state index contributed by atoms with van der Waals surface area (Å²) in [5, 5.41) is 12.1. The van der Waals surface area contributed by atoms with Gasteiger partial charge in [-0.05, 0) is 40.8 Å². The number of hydrogen-bond acceptors (Lipinski definition) is 4. The van der Waals surface area contributed by atoms with Gasteiger partial charge in [0.2, 0.25) is 0 Å². The summed E-state index contributed by atoms with van der Waals surface area (Å²) in [6.07, 6.45) is 4.38. The molecule has 0 fully saturated rings. The Bertz CT molecular complexity index is 546. The molecule has 1 amide bonds. The van der Waals surface area contributed by atoms with Gasteiger partial charge in [-0.3, -0.25) is 4.79 Å². The van der Waals surface area contributed by atoms with Crippen molar-refractivity contribution in [2.75, 3.05) is 5.32 Å². The highest BCUT2D eigenvalue weighted by Crippen LogP contribution is 2.20. The van der Waals surface area contributed by atoms with Crippen molar-refractivity contribution < 1.29 is 9.90 Å². The van der Waals surface area contributed by atoms with Crippen molar-refractivity contribution in [1.29, 1.82) is 0 Å². The molecule has 0 atom stereocenters. The van der Waals surface area contributed by atoms with Crippen molar-refractivity contribution in [1.82, 2.24) is 9.97 Å². The first kappa shape index (κ1) is 11.8. The highest BCUT2D eigenvalue weighted by atomic mass is 127. The first-order valence-corrected chi connectivity index (χ1v) is 5.79. The summed E-state index contributed by atoms with van der Waals surface area (Å²) in [5.41, 5.74) is 0.891. The van der Waals surface area contributed by atoms with Gasteiger partial charge in [0.05, 0.1) is 21.7 Å². The molecule has 0 aliphatic rings. The Balaban J connectivity index is 2.18. The van der Waals surface area contributed by atoms with E-state index in [-0.39, 0.29) is 11.7 Å². The Labute approximate surface area is 111 Å². The highest BCUT2D eigenvalue weighted by molar-refractivity contribution is 14.1. The van der Waals surface area contributed by atoms with Gasteiger partial charge >= 0.3 is 0 Å². The first-order chi connectivity index (χ1) is 8.16. The third-order valence-corrected chi connectivity index (χ3v) is 2.94. The lowest BCUT2D eigenvalue weighted by atomic mass is 10.2. The van der Waals surface area contributed by atoms with Crippen LogP contribution in [0.4, 0.5) is 5.69 Å². The standard InChI is InChI=1S/C11H8IN3O2/c12-9-2-1-7(3-10(9)16)11(17)15-8-4-13-6-14-5-8/h1-6,16H,(H,15,17). The number of hydrogen-bond donors (Lipinski definition) is 2. The average Bonchev–Trinajstić information content (AvgIpc) is 2.34. The minimum atomic E-state index is -0.313. The van der Waals surface area contributed by atoms with Gasteiger partial charge in [0.15, 0.2) is 0 Å². The van der Waals surface area contributed by atoms with Gasteiger partial charge in [-0.1, -0.05) is 0 Å². The minimum Gasteiger partial charge on any atom is -0.507 e. The Kier molecular flexibility index (Phi) is 3.52. The lowest BCUT2D eigenvalue weighted by Gasteiger charge is -2.05. The van der Waals surface area contributed by atoms with E-state index in [1.807, 2.05) is 22.6 Å². The van der Waals surface area contributed by atoms with E-state index in [1.165, 1.54) is 24.8 Å². The molecule has 1 aromatic heterocycles. The fourth-order valence-corrected chi connectivity index (χ4v) is 1.56. The van der Waals surface area contributed by atoms with Crippen molar-refractivity contribution >= 4 is 34.2 Å². The molecule has 0 aliphatic heterocycles. The molecule has 2 N–H and O–H groups in total. The van der Waals surface area contributed by atoms with Gasteiger partial charge in [0.25, 0.3) is 5.91 Å². The Morgan fingerprint density at radius 2 is 2.00 bits per heavy atom. The predicted molar refractivity (Wildman–Crippen MR) is 70.8 cm³/mol. The molecule has 0 radical (unpaired) electrons. The topological polar surface area (TPSA) is 75.1 Å². The van der Waals surface area contributed by atoms with Crippen molar-refractivity contribution in [2.45, 2.75) is 0 Å². The predicted octanol–water partition coefficient (Wildman–Crippen LogP) is 2.04. The second-order valence-corrected chi connectivity index (χ2v) is 4.41. The van der Waals surface area contributed by atoms with Crippen LogP contribution in [0.5, 0.6) is 5.75 Å². The Hall–Kier alpha value is -1.70. The number of halogens is 1. The number of nitrogens with one attached hydrogen (secondary N) is 1. The molecule has 86 valence electrons. The maximum atomic E-state index is 11.8. The largest absolute Gasteiger partial charge is 0.507 e. The van der Waals surface area contributed by atoms with Crippen LogP contribution in [-0.2, 0) is 0 Å². The lowest BCUT2D eigenvalue weighted by molar-refractivity contribution is 0.102. The van der Waals surface area contributed by atoms with E-state index in [9.17, 15) is 9.90 Å². The van der Waals surface area contributed by atoms with Crippen LogP contribution in [0.25, 0.3) is 0 Å². The van der Waals surface area contributed by atoms with Gasteiger partial charge in [-0.25, -0.2) is 9.97 Å². The summed E-state index contributed by atoms with van der Waals surface area (Å²) < 4.78 is 0.696. The fraction of sp³-hybridized carbons (Fsp3) is 0. The van der Waals surface area contributed by atoms with Crippen LogP contribution >= 0.6 is 22.6 Å². The molecule has 0 bridgehead atoms. The summed E-state index contributed by atoms with van der Waals surface area (Å²) in [6.45, 7) is 0. The zero-order valence-corrected chi connectivity index (χ0v) is 10.7. The molecule has 0 unspecified atom stereocenters. The second kappa shape index (κ2) is 5.09. The van der Waals surface area contributed by atoms with E-state index in [4.69, 9.17) is 0 Å². The zero-order valence-electron chi connectivity index (χ0n) is 8.59. The van der Waals surface area contributed by atoms with Crippen LogP contribution < -0.4 is 5.32 Å². The molecule has 0 aliphatic carbocycles. The third-order valence-electron chi connectivity index (χ3n) is 2.03. The van der Waals surface area contributed by atoms with E-state index in [1.54, 1.807) is 12.1 Å². The van der Waals surface area contributed by atoms with Gasteiger partial charge in [0.1, 0.15) is 12.1 Å². The summed E-state index contributed by atoms with van der Waals surface area (Å²) in [6, 6.07) is 4.73. The van der Waals surface area contributed by atoms with Crippen LogP contribution in [0.1, 0.15) is 10.4 Å². The second-order valence-electron chi connectivity index (χ2n) is 3.25. The van der Waals surface area contributed by atoms with Gasteiger partial charge in [0, 0.05) is 5.56 Å². The molecule has 17 heavy (non-hydrogen) atoms. The van der Waals surface area contributed by atoms with E-state index in [0.29, 0.717) is 14.8 Å². The maximum absolute atomic E-state index is 11.8. The highest BCUT2D eigenvalue weighted by Gasteiger charge is 2.08. The maximum Gasteiger partial charge on any atom is 0.255 e. The molecule has 2 aromatic rings. The van der Waals surface area contributed by atoms with E-state index in [2.05, 4.69) is 15.3 Å². The fourth-order valence-electron chi connectivity index (χ4n) is 1.22. The molecule has 1 aromatic carbocycles. The number of amides is 1. The van der Waals surface area contributed by atoms with Crippen LogP contribution in [0.2, 0.25) is 0 Å². The van der Waals surface area contributed by atoms with Gasteiger partial charge < -0.3 is 10.4 Å². The van der Waals surface area contributed by atoms with Gasteiger partial charge in [-0.15, -0.1) is 0 Å². The number of phenols is 1. The number of benzene rings is 1. The van der Waals surface area contributed by atoms with Crippen molar-refractivity contribution in [2.24, 2.45) is 0 Å². The summed E-state index contributed by atoms with van der Waals surface area (Å²) in [4.78, 5) is 19.4. The molecule has 0 saturated heterocycles. The summed E-state index contributed by atoms with van der Waals surface area (Å²) in [7, 11) is 0. The van der Waals surface area contributed by atoms with Crippen molar-refractivity contribution in [3.05, 3.63) is 46.1 Å². The monoisotopic (exact) mass is 341 g/mol. The van der Waals surface area contributed by atoms with Crippen LogP contribution in [0.15, 0.2) is 36.9 Å². The quantitative estimate of drug-likeness (QED) is 0.820. The summed E-state index contributed by atoms with van der Waals surface area (Å²) >= 11 is 1.99. The number of rotatable bonds is 2. The first-order valence-electron chi connectivity index (χ1n) is 4.71. The molecule has 6 heteroatoms. The number of anilines is 1. The van der Waals surface area contributed by atoms with E-state index in [0.717, 1.165) is 0 Å². The SMILES string of the molecule is O=C(Nc1cncnc1)c1ccc(I)c(O)c1. The average molecular weight is 341 g/mol. The molecule has 0 spiro atoms. The van der Waals surface area contributed by atoms with Crippen LogP contribution in [0, 0.1) is 3.57 Å². The number of carbonyl (C=O) groups is 1. The molecular weight excluding hydrogens is 333 g/mol. The molecule has 5 nitrogen and oxygen atoms in total. The normalized spacial score (nSPS) is 9.94. The van der Waals surface area contributed by atoms with E-state index >= 15 is 0 Å². The van der Waals surface area contributed by atoms with Crippen molar-refractivity contribution in [3.8, 4) is 5.75 Å². The number of aromatic nitrogens is 2. The van der Waals surface area contributed by atoms with Crippen LogP contribution in [-0.4, -0.2) is 21.0 Å². The van der Waals surface area contributed by atoms with Crippen molar-refractivity contribution in [3.63, 3.8) is 0 Å². The van der Waals surface area contributed by atoms with Gasteiger partial charge in [-0.2, -0.15) is 0 Å². The Morgan fingerprint density at radius 3 is 2.65 bits per heavy atom. The third kappa shape index (κ3) is 2.90. The number of phenolic OH excluding ortho intramolecular Hbond substituents is 1. The molecule has 0 saturated carbocycles. The zero-order chi connectivity index (χ0) is 12.3. The number of aromatic hydroxyl groups is 1. The van der Waals surface area contributed by atoms with Crippen LogP contribution in [0.3, 0.4) is 0 Å². The summed E-state index contributed by atoms with van der Waals surface area (Å²) in [5.74, 6) is -0.228. The lowest BCUT2D eigenvalue weighted by Crippen LogP contribution is -2.12. The minimum absolute atomic E-state index is 0.0857. The number of nitrogens with zero attached hydrogens (tertiary/aromatic N) is 2. The number of carbonyl (C=O) groups excluding carboxylic acids is 1. The molecule has 1 heterocycles. The smallest absolute Gasteiger partial charge is 0.255 e. The molecule has 2 rings (SSSR count). The molecular formula is C11H8IN3O2. The van der Waals surface area contributed by atoms with E-state index < -0.39 is 0 Å². The Morgan fingerprint density at radius 1 is 1.29 bits per heavy atom.